The van der Waals surface area contributed by atoms with Crippen LogP contribution in [0, 0.1) is 12.8 Å². The summed E-state index contributed by atoms with van der Waals surface area (Å²) < 4.78 is 1.81. The molecule has 0 aromatic carbocycles. The van der Waals surface area contributed by atoms with Gasteiger partial charge < -0.3 is 9.88 Å². The maximum atomic E-state index is 11.5. The molecule has 90 valence electrons. The third kappa shape index (κ3) is 4.19. The maximum Gasteiger partial charge on any atom is 0.250 e. The molecule has 0 aliphatic heterocycles. The van der Waals surface area contributed by atoms with Crippen LogP contribution < -0.4 is 10.9 Å². The topological polar surface area (TPSA) is 34.0 Å². The van der Waals surface area contributed by atoms with Crippen molar-refractivity contribution in [3.63, 3.8) is 0 Å². The minimum absolute atomic E-state index is 0.0886. The lowest BCUT2D eigenvalue weighted by molar-refractivity contribution is 0.513. The Morgan fingerprint density at radius 1 is 1.31 bits per heavy atom. The summed E-state index contributed by atoms with van der Waals surface area (Å²) in [6.45, 7) is 9.04. The summed E-state index contributed by atoms with van der Waals surface area (Å²) in [6, 6.07) is 5.39. The first kappa shape index (κ1) is 13.0. The summed E-state index contributed by atoms with van der Waals surface area (Å²) in [6.07, 6.45) is 1.18. The molecule has 0 saturated carbocycles. The first-order chi connectivity index (χ1) is 7.61. The fourth-order valence-electron chi connectivity index (χ4n) is 1.62. The molecule has 0 aliphatic carbocycles. The molecule has 16 heavy (non-hydrogen) atoms. The Bertz CT molecular complexity index is 368. The highest BCUT2D eigenvalue weighted by Gasteiger charge is 1.98. The fourth-order valence-corrected chi connectivity index (χ4v) is 1.62. The van der Waals surface area contributed by atoms with Crippen LogP contribution in [0.5, 0.6) is 0 Å². The number of hydrogen-bond donors (Lipinski definition) is 1. The van der Waals surface area contributed by atoms with Gasteiger partial charge in [0, 0.05) is 24.8 Å². The first-order valence-corrected chi connectivity index (χ1v) is 5.98. The second kappa shape index (κ2) is 6.48. The van der Waals surface area contributed by atoms with Gasteiger partial charge in [0.1, 0.15) is 0 Å². The SMILES string of the molecule is Cc1cccc(=O)n1CCNCCC(C)C. The van der Waals surface area contributed by atoms with Gasteiger partial charge in [0.05, 0.1) is 0 Å². The number of nitrogens with zero attached hydrogens (tertiary/aromatic N) is 1. The van der Waals surface area contributed by atoms with Gasteiger partial charge in [0.25, 0.3) is 5.56 Å². The van der Waals surface area contributed by atoms with Gasteiger partial charge in [-0.2, -0.15) is 0 Å². The van der Waals surface area contributed by atoms with Crippen molar-refractivity contribution in [1.82, 2.24) is 9.88 Å². The molecule has 0 fully saturated rings. The molecule has 1 N–H and O–H groups in total. The highest BCUT2D eigenvalue weighted by atomic mass is 16.1. The largest absolute Gasteiger partial charge is 0.315 e. The Balaban J connectivity index is 2.35. The summed E-state index contributed by atoms with van der Waals surface area (Å²) in [7, 11) is 0. The van der Waals surface area contributed by atoms with Crippen LogP contribution in [0.1, 0.15) is 26.0 Å². The van der Waals surface area contributed by atoms with Crippen molar-refractivity contribution < 1.29 is 0 Å². The van der Waals surface area contributed by atoms with Gasteiger partial charge in [-0.3, -0.25) is 4.79 Å². The second-order valence-corrected chi connectivity index (χ2v) is 4.59. The Hall–Kier alpha value is -1.09. The highest BCUT2D eigenvalue weighted by molar-refractivity contribution is 5.04. The van der Waals surface area contributed by atoms with Crippen molar-refractivity contribution in [1.29, 1.82) is 0 Å². The molecule has 3 nitrogen and oxygen atoms in total. The van der Waals surface area contributed by atoms with E-state index in [2.05, 4.69) is 19.2 Å². The summed E-state index contributed by atoms with van der Waals surface area (Å²) in [5.74, 6) is 0.730. The third-order valence-corrected chi connectivity index (χ3v) is 2.68. The smallest absolute Gasteiger partial charge is 0.250 e. The number of aryl methyl sites for hydroxylation is 1. The van der Waals surface area contributed by atoms with E-state index in [0.717, 1.165) is 31.2 Å². The van der Waals surface area contributed by atoms with Crippen molar-refractivity contribution in [3.05, 3.63) is 34.2 Å². The molecule has 1 aromatic rings. The molecule has 3 heteroatoms. The van der Waals surface area contributed by atoms with E-state index >= 15 is 0 Å². The molecule has 0 unspecified atom stereocenters. The molecule has 1 aromatic heterocycles. The Kier molecular flexibility index (Phi) is 5.26. The van der Waals surface area contributed by atoms with Crippen molar-refractivity contribution in [2.75, 3.05) is 13.1 Å². The van der Waals surface area contributed by atoms with Crippen LogP contribution in [0.3, 0.4) is 0 Å². The maximum absolute atomic E-state index is 11.5. The first-order valence-electron chi connectivity index (χ1n) is 5.98. The molecule has 0 bridgehead atoms. The van der Waals surface area contributed by atoms with E-state index in [1.165, 1.54) is 6.42 Å². The van der Waals surface area contributed by atoms with E-state index in [1.54, 1.807) is 12.1 Å². The van der Waals surface area contributed by atoms with Crippen molar-refractivity contribution in [3.8, 4) is 0 Å². The molecule has 0 saturated heterocycles. The van der Waals surface area contributed by atoms with Gasteiger partial charge in [-0.15, -0.1) is 0 Å². The molecular weight excluding hydrogens is 200 g/mol. The van der Waals surface area contributed by atoms with Gasteiger partial charge >= 0.3 is 0 Å². The van der Waals surface area contributed by atoms with E-state index in [4.69, 9.17) is 0 Å². The van der Waals surface area contributed by atoms with Crippen molar-refractivity contribution in [2.45, 2.75) is 33.7 Å². The van der Waals surface area contributed by atoms with Crippen LogP contribution in [0.15, 0.2) is 23.0 Å². The zero-order valence-corrected chi connectivity index (χ0v) is 10.5. The molecular formula is C13H22N2O. The number of hydrogen-bond acceptors (Lipinski definition) is 2. The molecule has 0 amide bonds. The monoisotopic (exact) mass is 222 g/mol. The Morgan fingerprint density at radius 2 is 2.06 bits per heavy atom. The molecule has 0 radical (unpaired) electrons. The van der Waals surface area contributed by atoms with Gasteiger partial charge in [-0.05, 0) is 31.9 Å². The molecule has 0 atom stereocenters. The molecule has 0 spiro atoms. The summed E-state index contributed by atoms with van der Waals surface area (Å²) in [5, 5.41) is 3.36. The predicted octanol–water partition coefficient (Wildman–Crippen LogP) is 1.79. The average Bonchev–Trinajstić information content (AvgIpc) is 2.21. The molecule has 1 rings (SSSR count). The van der Waals surface area contributed by atoms with E-state index in [-0.39, 0.29) is 5.56 Å². The van der Waals surface area contributed by atoms with E-state index in [1.807, 2.05) is 17.6 Å². The number of aromatic nitrogens is 1. The standard InChI is InChI=1S/C13H22N2O/c1-11(2)7-8-14-9-10-15-12(3)5-4-6-13(15)16/h4-6,11,14H,7-10H2,1-3H3. The lowest BCUT2D eigenvalue weighted by Crippen LogP contribution is -2.28. The highest BCUT2D eigenvalue weighted by Crippen LogP contribution is 1.96. The van der Waals surface area contributed by atoms with Crippen molar-refractivity contribution in [2.24, 2.45) is 5.92 Å². The lowest BCUT2D eigenvalue weighted by atomic mass is 10.1. The third-order valence-electron chi connectivity index (χ3n) is 2.68. The van der Waals surface area contributed by atoms with E-state index in [9.17, 15) is 4.79 Å². The van der Waals surface area contributed by atoms with Crippen LogP contribution >= 0.6 is 0 Å². The normalized spacial score (nSPS) is 11.0. The number of rotatable bonds is 6. The summed E-state index contributed by atoms with van der Waals surface area (Å²) in [5.41, 5.74) is 1.11. The zero-order valence-electron chi connectivity index (χ0n) is 10.5. The number of pyridine rings is 1. The van der Waals surface area contributed by atoms with Crippen LogP contribution in [0.2, 0.25) is 0 Å². The Labute approximate surface area is 97.5 Å². The number of nitrogens with one attached hydrogen (secondary N) is 1. The summed E-state index contributed by atoms with van der Waals surface area (Å²) >= 11 is 0. The minimum Gasteiger partial charge on any atom is -0.315 e. The van der Waals surface area contributed by atoms with E-state index in [0.29, 0.717) is 0 Å². The fraction of sp³-hybridized carbons (Fsp3) is 0.615. The second-order valence-electron chi connectivity index (χ2n) is 4.59. The van der Waals surface area contributed by atoms with Gasteiger partial charge in [-0.25, -0.2) is 0 Å². The average molecular weight is 222 g/mol. The van der Waals surface area contributed by atoms with Gasteiger partial charge in [-0.1, -0.05) is 19.9 Å². The van der Waals surface area contributed by atoms with Crippen LogP contribution in [-0.4, -0.2) is 17.7 Å². The van der Waals surface area contributed by atoms with Gasteiger partial charge in [0.2, 0.25) is 0 Å². The van der Waals surface area contributed by atoms with Crippen LogP contribution in [0.25, 0.3) is 0 Å². The molecule has 0 aliphatic rings. The Morgan fingerprint density at radius 3 is 2.69 bits per heavy atom. The summed E-state index contributed by atoms with van der Waals surface area (Å²) in [4.78, 5) is 11.5. The van der Waals surface area contributed by atoms with Crippen LogP contribution in [0.4, 0.5) is 0 Å². The molecule has 1 heterocycles. The van der Waals surface area contributed by atoms with Crippen molar-refractivity contribution >= 4 is 0 Å². The predicted molar refractivity (Wildman–Crippen MR) is 67.8 cm³/mol. The van der Waals surface area contributed by atoms with E-state index < -0.39 is 0 Å². The lowest BCUT2D eigenvalue weighted by Gasteiger charge is -2.10. The van der Waals surface area contributed by atoms with Gasteiger partial charge in [0.15, 0.2) is 0 Å². The van der Waals surface area contributed by atoms with Crippen LogP contribution in [-0.2, 0) is 6.54 Å². The zero-order chi connectivity index (χ0) is 12.0. The minimum atomic E-state index is 0.0886. The quantitative estimate of drug-likeness (QED) is 0.745.